The second kappa shape index (κ2) is 7.58. The maximum atomic E-state index is 13.0. The monoisotopic (exact) mass is 377 g/mol. The Hall–Kier alpha value is -2.95. The zero-order chi connectivity index (χ0) is 19.7. The lowest BCUT2D eigenvalue weighted by Crippen LogP contribution is -2.31. The van der Waals surface area contributed by atoms with E-state index in [1.54, 1.807) is 48.5 Å². The van der Waals surface area contributed by atoms with Gasteiger partial charge in [0.1, 0.15) is 5.75 Å². The van der Waals surface area contributed by atoms with Crippen molar-refractivity contribution in [3.05, 3.63) is 60.2 Å². The summed E-state index contributed by atoms with van der Waals surface area (Å²) in [7, 11) is 0. The van der Waals surface area contributed by atoms with Crippen molar-refractivity contribution in [1.82, 2.24) is 0 Å². The number of carbonyl (C=O) groups is 3. The average molecular weight is 377 g/mol. The Morgan fingerprint density at radius 3 is 2.43 bits per heavy atom. The van der Waals surface area contributed by atoms with E-state index in [1.165, 1.54) is 4.90 Å². The number of imide groups is 1. The molecule has 0 spiro atoms. The van der Waals surface area contributed by atoms with Crippen molar-refractivity contribution in [3.8, 4) is 5.75 Å². The van der Waals surface area contributed by atoms with E-state index in [4.69, 9.17) is 4.74 Å². The van der Waals surface area contributed by atoms with Crippen molar-refractivity contribution >= 4 is 23.3 Å². The predicted octanol–water partition coefficient (Wildman–Crippen LogP) is 3.87. The van der Waals surface area contributed by atoms with E-state index < -0.39 is 0 Å². The molecule has 1 saturated heterocycles. The van der Waals surface area contributed by atoms with Crippen LogP contribution in [0, 0.1) is 17.8 Å². The van der Waals surface area contributed by atoms with Gasteiger partial charge in [-0.15, -0.1) is 0 Å². The first-order valence-corrected chi connectivity index (χ1v) is 9.74. The fraction of sp³-hybridized carbons (Fsp3) is 0.348. The van der Waals surface area contributed by atoms with E-state index in [2.05, 4.69) is 6.92 Å². The molecule has 1 saturated carbocycles. The molecular weight excluding hydrogens is 354 g/mol. The highest BCUT2D eigenvalue weighted by atomic mass is 16.5. The van der Waals surface area contributed by atoms with Crippen LogP contribution in [0.1, 0.15) is 36.5 Å². The Bertz CT molecular complexity index is 908. The minimum Gasteiger partial charge on any atom is -0.483 e. The van der Waals surface area contributed by atoms with Gasteiger partial charge in [-0.25, -0.2) is 4.90 Å². The summed E-state index contributed by atoms with van der Waals surface area (Å²) in [5, 5.41) is 0. The third kappa shape index (κ3) is 3.33. The van der Waals surface area contributed by atoms with Crippen LogP contribution in [0.4, 0.5) is 5.69 Å². The van der Waals surface area contributed by atoms with Crippen molar-refractivity contribution in [3.63, 3.8) is 0 Å². The van der Waals surface area contributed by atoms with Gasteiger partial charge in [-0.2, -0.15) is 0 Å². The molecule has 28 heavy (non-hydrogen) atoms. The van der Waals surface area contributed by atoms with Gasteiger partial charge >= 0.3 is 0 Å². The second-order valence-corrected chi connectivity index (χ2v) is 7.69. The molecule has 2 amide bonds. The molecule has 2 fully saturated rings. The van der Waals surface area contributed by atoms with Crippen molar-refractivity contribution in [2.45, 2.75) is 26.2 Å². The molecule has 0 unspecified atom stereocenters. The van der Waals surface area contributed by atoms with Crippen molar-refractivity contribution in [2.24, 2.45) is 17.8 Å². The average Bonchev–Trinajstić information content (AvgIpc) is 2.96. The number of benzene rings is 2. The molecule has 1 aliphatic carbocycles. The van der Waals surface area contributed by atoms with Crippen LogP contribution in [0.3, 0.4) is 0 Å². The Kier molecular flexibility index (Phi) is 4.99. The number of carbonyl (C=O) groups excluding carboxylic acids is 3. The fourth-order valence-corrected chi connectivity index (χ4v) is 4.24. The highest BCUT2D eigenvalue weighted by Crippen LogP contribution is 2.44. The molecular formula is C23H23NO4. The van der Waals surface area contributed by atoms with E-state index in [9.17, 15) is 14.4 Å². The van der Waals surface area contributed by atoms with Gasteiger partial charge in [0.2, 0.25) is 11.8 Å². The molecule has 0 N–H and O–H groups in total. The van der Waals surface area contributed by atoms with Crippen molar-refractivity contribution < 1.29 is 19.1 Å². The highest BCUT2D eigenvalue weighted by molar-refractivity contribution is 6.22. The van der Waals surface area contributed by atoms with Crippen molar-refractivity contribution in [1.29, 1.82) is 0 Å². The number of anilines is 1. The van der Waals surface area contributed by atoms with Gasteiger partial charge in [0, 0.05) is 5.56 Å². The lowest BCUT2D eigenvalue weighted by molar-refractivity contribution is -0.122. The molecule has 2 aromatic rings. The Morgan fingerprint density at radius 2 is 1.64 bits per heavy atom. The molecule has 2 aromatic carbocycles. The summed E-state index contributed by atoms with van der Waals surface area (Å²) in [5.41, 5.74) is 0.994. The van der Waals surface area contributed by atoms with Gasteiger partial charge in [-0.05, 0) is 37.3 Å². The second-order valence-electron chi connectivity index (χ2n) is 7.69. The quantitative estimate of drug-likeness (QED) is 0.586. The number of amides is 2. The van der Waals surface area contributed by atoms with Crippen LogP contribution >= 0.6 is 0 Å². The van der Waals surface area contributed by atoms with Crippen LogP contribution in [0.2, 0.25) is 0 Å². The van der Waals surface area contributed by atoms with Gasteiger partial charge in [0.25, 0.3) is 0 Å². The molecule has 0 bridgehead atoms. The summed E-state index contributed by atoms with van der Waals surface area (Å²) < 4.78 is 5.74. The molecule has 1 aliphatic heterocycles. The summed E-state index contributed by atoms with van der Waals surface area (Å²) >= 11 is 0. The standard InChI is InChI=1S/C23H23NO4/c1-15-11-12-17-18(13-15)23(27)24(22(17)26)19-9-5-6-10-21(19)28-14-20(25)16-7-3-2-4-8-16/h2-10,15,17-18H,11-14H2,1H3/t15-,17+,18+/m0/s1. The normalized spacial score (nSPS) is 24.2. The Balaban J connectivity index is 1.55. The van der Waals surface area contributed by atoms with Gasteiger partial charge < -0.3 is 4.74 Å². The van der Waals surface area contributed by atoms with Crippen LogP contribution in [0.5, 0.6) is 5.75 Å². The molecule has 2 aliphatic rings. The molecule has 0 aromatic heterocycles. The van der Waals surface area contributed by atoms with Crippen LogP contribution in [-0.4, -0.2) is 24.2 Å². The number of ether oxygens (including phenoxy) is 1. The SMILES string of the molecule is C[C@H]1CC[C@H]2C(=O)N(c3ccccc3OCC(=O)c3ccccc3)C(=O)[C@@H]2C1. The van der Waals surface area contributed by atoms with Crippen LogP contribution in [0.25, 0.3) is 0 Å². The van der Waals surface area contributed by atoms with Crippen LogP contribution in [-0.2, 0) is 9.59 Å². The first-order chi connectivity index (χ1) is 13.6. The zero-order valence-corrected chi connectivity index (χ0v) is 15.8. The lowest BCUT2D eigenvalue weighted by Gasteiger charge is -2.25. The number of rotatable bonds is 5. The van der Waals surface area contributed by atoms with Gasteiger partial charge in [0.15, 0.2) is 12.4 Å². The number of para-hydroxylation sites is 2. The highest BCUT2D eigenvalue weighted by Gasteiger charge is 2.50. The zero-order valence-electron chi connectivity index (χ0n) is 15.8. The minimum atomic E-state index is -0.241. The smallest absolute Gasteiger partial charge is 0.237 e. The van der Waals surface area contributed by atoms with E-state index in [1.807, 2.05) is 6.07 Å². The van der Waals surface area contributed by atoms with E-state index >= 15 is 0 Å². The Labute approximate surface area is 164 Å². The molecule has 5 nitrogen and oxygen atoms in total. The lowest BCUT2D eigenvalue weighted by atomic mass is 9.76. The summed E-state index contributed by atoms with van der Waals surface area (Å²) in [5.74, 6) is -0.0950. The minimum absolute atomic E-state index is 0.146. The van der Waals surface area contributed by atoms with Gasteiger partial charge in [-0.1, -0.05) is 49.4 Å². The first kappa shape index (κ1) is 18.4. The molecule has 4 rings (SSSR count). The molecule has 3 atom stereocenters. The molecule has 5 heteroatoms. The summed E-state index contributed by atoms with van der Waals surface area (Å²) in [6, 6.07) is 15.8. The largest absolute Gasteiger partial charge is 0.483 e. The van der Waals surface area contributed by atoms with Gasteiger partial charge in [-0.3, -0.25) is 14.4 Å². The predicted molar refractivity (Wildman–Crippen MR) is 105 cm³/mol. The summed E-state index contributed by atoms with van der Waals surface area (Å²) in [6.07, 6.45) is 2.47. The number of fused-ring (bicyclic) bond motifs is 1. The third-order valence-corrected chi connectivity index (χ3v) is 5.75. The number of ketones is 1. The molecule has 144 valence electrons. The number of Topliss-reactive ketones (excluding diaryl/α,β-unsaturated/α-hetero) is 1. The summed E-state index contributed by atoms with van der Waals surface area (Å²) in [4.78, 5) is 39.6. The molecule has 0 radical (unpaired) electrons. The Morgan fingerprint density at radius 1 is 0.964 bits per heavy atom. The first-order valence-electron chi connectivity index (χ1n) is 9.74. The van der Waals surface area contributed by atoms with Crippen molar-refractivity contribution in [2.75, 3.05) is 11.5 Å². The fourth-order valence-electron chi connectivity index (χ4n) is 4.24. The third-order valence-electron chi connectivity index (χ3n) is 5.75. The maximum Gasteiger partial charge on any atom is 0.237 e. The number of hydrogen-bond acceptors (Lipinski definition) is 4. The number of hydrogen-bond donors (Lipinski definition) is 0. The number of nitrogens with zero attached hydrogens (tertiary/aromatic N) is 1. The maximum absolute atomic E-state index is 13.0. The van der Waals surface area contributed by atoms with E-state index in [0.717, 1.165) is 19.3 Å². The topological polar surface area (TPSA) is 63.7 Å². The summed E-state index contributed by atoms with van der Waals surface area (Å²) in [6.45, 7) is 1.98. The molecule has 1 heterocycles. The van der Waals surface area contributed by atoms with E-state index in [-0.39, 0.29) is 36.0 Å². The van der Waals surface area contributed by atoms with Gasteiger partial charge in [0.05, 0.1) is 17.5 Å². The van der Waals surface area contributed by atoms with Crippen LogP contribution < -0.4 is 9.64 Å². The van der Waals surface area contributed by atoms with Crippen LogP contribution in [0.15, 0.2) is 54.6 Å². The van der Waals surface area contributed by atoms with E-state index in [0.29, 0.717) is 22.9 Å².